The number of nitrogens with one attached hydrogen (secondary N) is 1. The molecule has 0 spiro atoms. The average molecular weight is 622 g/mol. The number of esters is 1. The van der Waals surface area contributed by atoms with Crippen LogP contribution in [0.25, 0.3) is 0 Å². The first kappa shape index (κ1) is 34.9. The molecule has 0 aliphatic carbocycles. The van der Waals surface area contributed by atoms with Crippen molar-refractivity contribution in [3.8, 4) is 0 Å². The SMILES string of the molecule is CC[Si](CC)(CC)OC[C@]12NC(=O)[C@H](C)[C@@]1(O)[C@H](C[C@@H](C)[C@H](COCc1ccccc1)O[Si](CC)(CC)CC)OC2=O. The van der Waals surface area contributed by atoms with E-state index in [0.29, 0.717) is 19.6 Å². The molecule has 2 aliphatic rings. The van der Waals surface area contributed by atoms with E-state index >= 15 is 0 Å². The molecule has 1 amide bonds. The Morgan fingerprint density at radius 2 is 1.52 bits per heavy atom. The third-order valence-electron chi connectivity index (χ3n) is 10.6. The number of benzene rings is 1. The van der Waals surface area contributed by atoms with Crippen molar-refractivity contribution in [3.05, 3.63) is 35.9 Å². The van der Waals surface area contributed by atoms with Crippen LogP contribution in [0.15, 0.2) is 30.3 Å². The topological polar surface area (TPSA) is 103 Å². The zero-order chi connectivity index (χ0) is 31.2. The monoisotopic (exact) mass is 621 g/mol. The highest BCUT2D eigenvalue weighted by Crippen LogP contribution is 2.49. The van der Waals surface area contributed by atoms with Crippen molar-refractivity contribution in [2.75, 3.05) is 13.2 Å². The average Bonchev–Trinajstić information content (AvgIpc) is 3.34. The highest BCUT2D eigenvalue weighted by molar-refractivity contribution is 6.74. The van der Waals surface area contributed by atoms with Crippen LogP contribution in [0.2, 0.25) is 36.3 Å². The maximum absolute atomic E-state index is 13.6. The Morgan fingerprint density at radius 1 is 0.952 bits per heavy atom. The zero-order valence-electron chi connectivity index (χ0n) is 27.2. The van der Waals surface area contributed by atoms with Gasteiger partial charge in [-0.25, -0.2) is 4.79 Å². The predicted molar refractivity (Wildman–Crippen MR) is 170 cm³/mol. The van der Waals surface area contributed by atoms with Crippen molar-refractivity contribution < 1.29 is 33.0 Å². The molecule has 0 saturated carbocycles. The number of hydrogen-bond acceptors (Lipinski definition) is 7. The summed E-state index contributed by atoms with van der Waals surface area (Å²) in [5.74, 6) is -1.88. The Hall–Kier alpha value is -1.57. The summed E-state index contributed by atoms with van der Waals surface area (Å²) >= 11 is 0. The van der Waals surface area contributed by atoms with Crippen molar-refractivity contribution in [1.82, 2.24) is 5.32 Å². The number of hydrogen-bond donors (Lipinski definition) is 2. The number of cyclic esters (lactones) is 1. The molecule has 8 nitrogen and oxygen atoms in total. The Bertz CT molecular complexity index is 1020. The van der Waals surface area contributed by atoms with E-state index in [2.05, 4.69) is 53.8 Å². The van der Waals surface area contributed by atoms with E-state index in [0.717, 1.165) is 41.8 Å². The second-order valence-corrected chi connectivity index (χ2v) is 22.0. The maximum atomic E-state index is 13.6. The number of aliphatic hydroxyl groups is 1. The van der Waals surface area contributed by atoms with Crippen molar-refractivity contribution in [1.29, 1.82) is 0 Å². The quantitative estimate of drug-likeness (QED) is 0.158. The summed E-state index contributed by atoms with van der Waals surface area (Å²) in [4.78, 5) is 26.7. The van der Waals surface area contributed by atoms with E-state index < -0.39 is 45.8 Å². The summed E-state index contributed by atoms with van der Waals surface area (Å²) in [5.41, 5.74) is -2.25. The summed E-state index contributed by atoms with van der Waals surface area (Å²) in [5, 5.41) is 15.2. The third kappa shape index (κ3) is 6.59. The van der Waals surface area contributed by atoms with E-state index in [9.17, 15) is 14.7 Å². The molecule has 2 heterocycles. The fraction of sp³-hybridized carbons (Fsp3) is 0.750. The molecule has 3 rings (SSSR count). The van der Waals surface area contributed by atoms with Gasteiger partial charge in [0.1, 0.15) is 11.7 Å². The molecular weight excluding hydrogens is 567 g/mol. The minimum Gasteiger partial charge on any atom is -0.457 e. The number of amides is 1. The van der Waals surface area contributed by atoms with Crippen LogP contribution in [0.4, 0.5) is 0 Å². The standard InChI is InChI=1S/C32H55NO7Si2/c1-9-41(10-2,11-3)38-23-31-30(35)39-28(32(31,36)25(8)29(34)33-31)20-24(7)27(40-42(12-4,13-5)14-6)22-37-21-26-18-16-15-17-19-26/h15-19,24-25,27-28,36H,9-14,20-23H2,1-8H3,(H,33,34)/t24-,25+,27+,28+,31-,32-/m1/s1. The molecule has 0 bridgehead atoms. The van der Waals surface area contributed by atoms with Crippen molar-refractivity contribution in [2.45, 2.75) is 128 Å². The van der Waals surface area contributed by atoms with Gasteiger partial charge in [0.15, 0.2) is 22.2 Å². The molecule has 238 valence electrons. The van der Waals surface area contributed by atoms with Crippen LogP contribution in [0.1, 0.15) is 67.4 Å². The summed E-state index contributed by atoms with van der Waals surface area (Å²) < 4.78 is 25.7. The lowest BCUT2D eigenvalue weighted by atomic mass is 9.72. The molecule has 42 heavy (non-hydrogen) atoms. The number of rotatable bonds is 18. The second kappa shape index (κ2) is 14.5. The lowest BCUT2D eigenvalue weighted by molar-refractivity contribution is -0.150. The van der Waals surface area contributed by atoms with E-state index in [1.165, 1.54) is 0 Å². The molecule has 10 heteroatoms. The van der Waals surface area contributed by atoms with Crippen LogP contribution in [0.3, 0.4) is 0 Å². The van der Waals surface area contributed by atoms with Gasteiger partial charge in [0.25, 0.3) is 0 Å². The summed E-state index contributed by atoms with van der Waals surface area (Å²) in [6, 6.07) is 15.7. The molecule has 1 aromatic carbocycles. The highest BCUT2D eigenvalue weighted by Gasteiger charge is 2.76. The Balaban J connectivity index is 1.86. The first-order valence-corrected chi connectivity index (χ1v) is 21.2. The minimum absolute atomic E-state index is 0.0668. The first-order valence-electron chi connectivity index (χ1n) is 16.1. The largest absolute Gasteiger partial charge is 0.457 e. The van der Waals surface area contributed by atoms with Gasteiger partial charge < -0.3 is 28.7 Å². The van der Waals surface area contributed by atoms with E-state index in [4.69, 9.17) is 18.3 Å². The molecular formula is C32H55NO7Si2. The Morgan fingerprint density at radius 3 is 2.07 bits per heavy atom. The van der Waals surface area contributed by atoms with Gasteiger partial charge in [-0.1, -0.05) is 85.7 Å². The van der Waals surface area contributed by atoms with E-state index in [1.54, 1.807) is 6.92 Å². The van der Waals surface area contributed by atoms with Crippen LogP contribution >= 0.6 is 0 Å². The van der Waals surface area contributed by atoms with Crippen LogP contribution in [-0.4, -0.2) is 70.2 Å². The molecule has 1 aromatic rings. The van der Waals surface area contributed by atoms with Crippen LogP contribution in [0, 0.1) is 11.8 Å². The molecule has 0 radical (unpaired) electrons. The highest BCUT2D eigenvalue weighted by atomic mass is 28.4. The predicted octanol–water partition coefficient (Wildman–Crippen LogP) is 5.80. The Labute approximate surface area is 255 Å². The number of ether oxygens (including phenoxy) is 2. The maximum Gasteiger partial charge on any atom is 0.337 e. The zero-order valence-corrected chi connectivity index (χ0v) is 29.2. The van der Waals surface area contributed by atoms with Gasteiger partial charge in [-0.05, 0) is 54.2 Å². The molecule has 2 N–H and O–H groups in total. The fourth-order valence-corrected chi connectivity index (χ4v) is 12.4. The Kier molecular flexibility index (Phi) is 12.0. The van der Waals surface area contributed by atoms with Crippen LogP contribution in [-0.2, 0) is 34.5 Å². The summed E-state index contributed by atoms with van der Waals surface area (Å²) in [7, 11) is -4.12. The molecule has 0 aromatic heterocycles. The van der Waals surface area contributed by atoms with Crippen molar-refractivity contribution in [2.24, 2.45) is 11.8 Å². The normalized spacial score (nSPS) is 27.5. The summed E-state index contributed by atoms with van der Waals surface area (Å²) in [6.45, 7) is 17.5. The number of carbonyl (C=O) groups excluding carboxylic acids is 2. The van der Waals surface area contributed by atoms with E-state index in [1.807, 2.05) is 30.3 Å². The number of carbonyl (C=O) groups is 2. The van der Waals surface area contributed by atoms with Gasteiger partial charge in [0, 0.05) is 0 Å². The second-order valence-electron chi connectivity index (χ2n) is 12.5. The lowest BCUT2D eigenvalue weighted by Gasteiger charge is -2.40. The minimum atomic E-state index is -2.11. The smallest absolute Gasteiger partial charge is 0.337 e. The molecule has 6 atom stereocenters. The fourth-order valence-electron chi connectivity index (χ4n) is 6.82. The van der Waals surface area contributed by atoms with Gasteiger partial charge in [0.2, 0.25) is 5.91 Å². The number of fused-ring (bicyclic) bond motifs is 1. The summed E-state index contributed by atoms with van der Waals surface area (Å²) in [6.07, 6.45) is -0.767. The van der Waals surface area contributed by atoms with Gasteiger partial charge >= 0.3 is 5.97 Å². The van der Waals surface area contributed by atoms with Gasteiger partial charge in [-0.15, -0.1) is 0 Å². The van der Waals surface area contributed by atoms with Crippen LogP contribution in [0.5, 0.6) is 0 Å². The molecule has 0 unspecified atom stereocenters. The molecule has 2 saturated heterocycles. The van der Waals surface area contributed by atoms with E-state index in [-0.39, 0.29) is 24.5 Å². The molecule has 2 aliphatic heterocycles. The lowest BCUT2D eigenvalue weighted by Crippen LogP contribution is -2.65. The van der Waals surface area contributed by atoms with Crippen molar-refractivity contribution in [3.63, 3.8) is 0 Å². The van der Waals surface area contributed by atoms with Gasteiger partial charge in [-0.3, -0.25) is 4.79 Å². The molecule has 2 fully saturated rings. The van der Waals surface area contributed by atoms with Crippen molar-refractivity contribution >= 4 is 28.5 Å². The van der Waals surface area contributed by atoms with Gasteiger partial charge in [-0.2, -0.15) is 0 Å². The van der Waals surface area contributed by atoms with Crippen LogP contribution < -0.4 is 5.32 Å². The third-order valence-corrected chi connectivity index (χ3v) is 19.9. The van der Waals surface area contributed by atoms with Gasteiger partial charge in [0.05, 0.1) is 31.8 Å². The first-order chi connectivity index (χ1) is 20.0.